The van der Waals surface area contributed by atoms with Crippen molar-refractivity contribution >= 4 is 10.0 Å². The summed E-state index contributed by atoms with van der Waals surface area (Å²) in [6.45, 7) is 2.74. The first-order valence-corrected chi connectivity index (χ1v) is 8.37. The Morgan fingerprint density at radius 2 is 2.05 bits per heavy atom. The molecule has 0 radical (unpaired) electrons. The summed E-state index contributed by atoms with van der Waals surface area (Å²) < 4.78 is 40.7. The van der Waals surface area contributed by atoms with Crippen molar-refractivity contribution in [2.24, 2.45) is 11.7 Å². The van der Waals surface area contributed by atoms with Crippen LogP contribution in [0.15, 0.2) is 23.1 Å². The maximum Gasteiger partial charge on any atom is 0.243 e. The zero-order valence-corrected chi connectivity index (χ0v) is 13.4. The average molecular weight is 315 g/mol. The molecule has 1 aliphatic heterocycles. The maximum absolute atomic E-state index is 13.8. The molecule has 2 unspecified atom stereocenters. The monoisotopic (exact) mass is 315 g/mol. The molecule has 1 aliphatic rings. The largest absolute Gasteiger partial charge is 0.326 e. The lowest BCUT2D eigenvalue weighted by Crippen LogP contribution is -2.36. The molecular weight excluding hydrogens is 293 g/mol. The van der Waals surface area contributed by atoms with Gasteiger partial charge in [0.2, 0.25) is 10.0 Å². The Bertz CT molecular complexity index is 619. The van der Waals surface area contributed by atoms with Crippen LogP contribution >= 0.6 is 0 Å². The van der Waals surface area contributed by atoms with Crippen LogP contribution in [0.3, 0.4) is 0 Å². The number of hydrogen-bond acceptors (Lipinski definition) is 4. The van der Waals surface area contributed by atoms with Crippen LogP contribution in [0.5, 0.6) is 0 Å². The van der Waals surface area contributed by atoms with E-state index in [0.29, 0.717) is 13.1 Å². The predicted octanol–water partition coefficient (Wildman–Crippen LogP) is 0.855. The number of nitrogens with two attached hydrogens (primary N) is 1. The van der Waals surface area contributed by atoms with Gasteiger partial charge in [-0.2, -0.15) is 4.31 Å². The molecule has 1 saturated heterocycles. The first-order valence-electron chi connectivity index (χ1n) is 6.93. The molecule has 1 aromatic carbocycles. The fourth-order valence-corrected chi connectivity index (χ4v) is 4.69. The van der Waals surface area contributed by atoms with E-state index in [1.54, 1.807) is 0 Å². The molecule has 2 rings (SSSR count). The van der Waals surface area contributed by atoms with E-state index in [-0.39, 0.29) is 29.0 Å². The van der Waals surface area contributed by atoms with E-state index in [2.05, 4.69) is 0 Å². The van der Waals surface area contributed by atoms with Crippen LogP contribution in [0, 0.1) is 11.7 Å². The Kier molecular flexibility index (Phi) is 4.67. The maximum atomic E-state index is 13.8. The quantitative estimate of drug-likeness (QED) is 0.895. The lowest BCUT2D eigenvalue weighted by molar-refractivity contribution is 0.263. The van der Waals surface area contributed by atoms with Gasteiger partial charge < -0.3 is 10.6 Å². The van der Waals surface area contributed by atoms with Gasteiger partial charge in [0.1, 0.15) is 5.82 Å². The Hall–Kier alpha value is -1.02. The number of benzene rings is 1. The molecule has 0 bridgehead atoms. The first kappa shape index (κ1) is 16.4. The summed E-state index contributed by atoms with van der Waals surface area (Å²) in [5.74, 6) is -0.348. The summed E-state index contributed by atoms with van der Waals surface area (Å²) in [5, 5.41) is 0. The van der Waals surface area contributed by atoms with Gasteiger partial charge in [0.25, 0.3) is 0 Å². The predicted molar refractivity (Wildman–Crippen MR) is 79.7 cm³/mol. The number of halogens is 1. The van der Waals surface area contributed by atoms with Crippen molar-refractivity contribution in [1.82, 2.24) is 9.21 Å². The second-order valence-electron chi connectivity index (χ2n) is 5.75. The van der Waals surface area contributed by atoms with Gasteiger partial charge in [-0.15, -0.1) is 0 Å². The van der Waals surface area contributed by atoms with Crippen molar-refractivity contribution in [3.05, 3.63) is 29.6 Å². The van der Waals surface area contributed by atoms with Gasteiger partial charge in [-0.05, 0) is 32.1 Å². The molecule has 0 aromatic heterocycles. The van der Waals surface area contributed by atoms with Gasteiger partial charge in [-0.3, -0.25) is 0 Å². The molecular formula is C14H22FN3O2S. The average Bonchev–Trinajstić information content (AvgIpc) is 2.81. The molecule has 0 saturated carbocycles. The summed E-state index contributed by atoms with van der Waals surface area (Å²) in [5.41, 5.74) is 5.57. The standard InChI is InChI=1S/C14H22FN3O2S/c1-10-8-18(9-13(10)17(2)3)21(19,20)14-6-4-5-12(15)11(14)7-16/h4-6,10,13H,7-9,16H2,1-3H3. The highest BCUT2D eigenvalue weighted by Crippen LogP contribution is 2.28. The van der Waals surface area contributed by atoms with Crippen molar-refractivity contribution in [1.29, 1.82) is 0 Å². The zero-order chi connectivity index (χ0) is 15.8. The minimum Gasteiger partial charge on any atom is -0.326 e. The molecule has 21 heavy (non-hydrogen) atoms. The Morgan fingerprint density at radius 3 is 2.57 bits per heavy atom. The van der Waals surface area contributed by atoms with Crippen molar-refractivity contribution < 1.29 is 12.8 Å². The minimum absolute atomic E-state index is 0.0170. The molecule has 1 fully saturated rings. The van der Waals surface area contributed by atoms with Crippen LogP contribution in [0.2, 0.25) is 0 Å². The van der Waals surface area contributed by atoms with Crippen molar-refractivity contribution in [2.45, 2.75) is 24.4 Å². The Balaban J connectivity index is 2.38. The summed E-state index contributed by atoms with van der Waals surface area (Å²) in [6.07, 6.45) is 0. The van der Waals surface area contributed by atoms with E-state index in [9.17, 15) is 12.8 Å². The SMILES string of the molecule is CC1CN(S(=O)(=O)c2cccc(F)c2CN)CC1N(C)C. The molecule has 118 valence electrons. The molecule has 1 heterocycles. The third-order valence-corrected chi connectivity index (χ3v) is 6.02. The van der Waals surface area contributed by atoms with E-state index in [1.807, 2.05) is 25.9 Å². The van der Waals surface area contributed by atoms with Gasteiger partial charge in [0.05, 0.1) is 4.90 Å². The normalized spacial score (nSPS) is 23.9. The van der Waals surface area contributed by atoms with E-state index >= 15 is 0 Å². The van der Waals surface area contributed by atoms with Gasteiger partial charge in [-0.1, -0.05) is 13.0 Å². The lowest BCUT2D eigenvalue weighted by Gasteiger charge is -2.22. The molecule has 0 amide bonds. The molecule has 7 heteroatoms. The highest BCUT2D eigenvalue weighted by atomic mass is 32.2. The van der Waals surface area contributed by atoms with Crippen LogP contribution in [-0.4, -0.2) is 50.8 Å². The van der Waals surface area contributed by atoms with Crippen molar-refractivity contribution in [3.8, 4) is 0 Å². The third-order valence-electron chi connectivity index (χ3n) is 4.10. The Morgan fingerprint density at radius 1 is 1.38 bits per heavy atom. The van der Waals surface area contributed by atoms with Crippen LogP contribution < -0.4 is 5.73 Å². The lowest BCUT2D eigenvalue weighted by atomic mass is 10.1. The molecule has 1 aromatic rings. The number of nitrogens with zero attached hydrogens (tertiary/aromatic N) is 2. The first-order chi connectivity index (χ1) is 9.78. The van der Waals surface area contributed by atoms with Crippen LogP contribution in [0.25, 0.3) is 0 Å². The van der Waals surface area contributed by atoms with Crippen molar-refractivity contribution in [3.63, 3.8) is 0 Å². The molecule has 0 spiro atoms. The summed E-state index contributed by atoms with van der Waals surface area (Å²) in [7, 11) is 0.154. The fourth-order valence-electron chi connectivity index (χ4n) is 2.89. The Labute approximate surface area is 125 Å². The number of rotatable bonds is 4. The summed E-state index contributed by atoms with van der Waals surface area (Å²) in [4.78, 5) is 2.01. The van der Waals surface area contributed by atoms with Crippen LogP contribution in [0.4, 0.5) is 4.39 Å². The molecule has 5 nitrogen and oxygen atoms in total. The minimum atomic E-state index is -3.72. The van der Waals surface area contributed by atoms with E-state index in [1.165, 1.54) is 22.5 Å². The summed E-state index contributed by atoms with van der Waals surface area (Å²) in [6, 6.07) is 4.23. The van der Waals surface area contributed by atoms with Crippen LogP contribution in [0.1, 0.15) is 12.5 Å². The van der Waals surface area contributed by atoms with E-state index in [4.69, 9.17) is 5.73 Å². The van der Waals surface area contributed by atoms with E-state index < -0.39 is 15.8 Å². The van der Waals surface area contributed by atoms with Crippen LogP contribution in [-0.2, 0) is 16.6 Å². The second kappa shape index (κ2) is 6.00. The second-order valence-corrected chi connectivity index (χ2v) is 7.66. The van der Waals surface area contributed by atoms with E-state index in [0.717, 1.165) is 0 Å². The highest BCUT2D eigenvalue weighted by Gasteiger charge is 2.39. The van der Waals surface area contributed by atoms with Gasteiger partial charge in [0, 0.05) is 31.2 Å². The zero-order valence-electron chi connectivity index (χ0n) is 12.6. The van der Waals surface area contributed by atoms with Crippen molar-refractivity contribution in [2.75, 3.05) is 27.2 Å². The topological polar surface area (TPSA) is 66.6 Å². The molecule has 2 atom stereocenters. The molecule has 2 N–H and O–H groups in total. The van der Waals surface area contributed by atoms with Gasteiger partial charge in [-0.25, -0.2) is 12.8 Å². The highest BCUT2D eigenvalue weighted by molar-refractivity contribution is 7.89. The summed E-state index contributed by atoms with van der Waals surface area (Å²) >= 11 is 0. The number of hydrogen-bond donors (Lipinski definition) is 1. The third kappa shape index (κ3) is 2.96. The fraction of sp³-hybridized carbons (Fsp3) is 0.571. The van der Waals surface area contributed by atoms with Gasteiger partial charge in [0.15, 0.2) is 0 Å². The van der Waals surface area contributed by atoms with Gasteiger partial charge >= 0.3 is 0 Å². The molecule has 0 aliphatic carbocycles. The number of likely N-dealkylation sites (N-methyl/N-ethyl adjacent to an activating group) is 1. The smallest absolute Gasteiger partial charge is 0.243 e. The number of sulfonamides is 1.